The molecule has 2 aromatic carbocycles. The fourth-order valence-corrected chi connectivity index (χ4v) is 11.4. The third-order valence-corrected chi connectivity index (χ3v) is 16.3. The van der Waals surface area contributed by atoms with Gasteiger partial charge in [0.1, 0.15) is 31.7 Å². The van der Waals surface area contributed by atoms with Crippen LogP contribution in [0.25, 0.3) is 0 Å². The molecule has 2 aliphatic heterocycles. The van der Waals surface area contributed by atoms with Crippen LogP contribution in [0.1, 0.15) is 42.0 Å². The fourth-order valence-electron chi connectivity index (χ4n) is 5.60. The number of halogens is 3. The van der Waals surface area contributed by atoms with Crippen molar-refractivity contribution in [3.63, 3.8) is 0 Å². The van der Waals surface area contributed by atoms with Gasteiger partial charge in [0.05, 0.1) is 0 Å². The van der Waals surface area contributed by atoms with Crippen molar-refractivity contribution in [3.8, 4) is 0 Å². The van der Waals surface area contributed by atoms with Gasteiger partial charge in [-0.2, -0.15) is 13.1 Å². The largest absolute Gasteiger partial charge is 0.347 e. The molecular weight excluding hydrogens is 848 g/mol. The van der Waals surface area contributed by atoms with Crippen LogP contribution in [0.4, 0.5) is 19.0 Å². The molecule has 0 radical (unpaired) electrons. The first-order chi connectivity index (χ1) is 26.4. The van der Waals surface area contributed by atoms with Crippen molar-refractivity contribution in [3.05, 3.63) is 118 Å². The van der Waals surface area contributed by atoms with E-state index in [0.717, 1.165) is 51.6 Å². The van der Waals surface area contributed by atoms with E-state index in [4.69, 9.17) is 10.7 Å². The van der Waals surface area contributed by atoms with Gasteiger partial charge in [-0.1, -0.05) is 36.4 Å². The van der Waals surface area contributed by atoms with Crippen LogP contribution in [0.2, 0.25) is 0 Å². The van der Waals surface area contributed by atoms with Gasteiger partial charge < -0.3 is 9.80 Å². The standard InChI is InChI=1S/C17H17FN4O2S3.C14H16FN3S.C4H3ClO2S2/c18-14-5-3-13(4-6-14)12-15-19-17(26-20-15)21-7-9-22(10-8-21)27(23,24)16-2-1-11-25-16;15-12-6-4-11(5-7-12)10-13-16-14(19-17-13)18-8-2-1-3-9-18;5-9(6,7)4-2-1-3-8-4/h1-6,11H,7-10,12H2;4-7H,1-3,8-10H2;1-3H. The molecule has 2 fully saturated rings. The quantitative estimate of drug-likeness (QED) is 0.133. The number of aromatic nitrogens is 4. The molecule has 0 amide bonds. The number of piperidine rings is 1. The highest BCUT2D eigenvalue weighted by atomic mass is 35.7. The Morgan fingerprint density at radius 2 is 1.05 bits per heavy atom. The third kappa shape index (κ3) is 11.8. The highest BCUT2D eigenvalue weighted by Crippen LogP contribution is 2.26. The molecule has 6 heterocycles. The van der Waals surface area contributed by atoms with Crippen LogP contribution >= 0.6 is 56.4 Å². The maximum atomic E-state index is 13.0. The van der Waals surface area contributed by atoms with E-state index in [1.807, 2.05) is 0 Å². The first-order valence-electron chi connectivity index (χ1n) is 17.1. The summed E-state index contributed by atoms with van der Waals surface area (Å²) in [6, 6.07) is 19.3. The summed E-state index contributed by atoms with van der Waals surface area (Å²) >= 11 is 5.13. The van der Waals surface area contributed by atoms with E-state index < -0.39 is 19.1 Å². The zero-order chi connectivity index (χ0) is 38.8. The minimum Gasteiger partial charge on any atom is -0.347 e. The SMILES string of the molecule is Fc1ccc(Cc2nsc(N3CCCCC3)n2)cc1.O=S(=O)(Cl)c1cccs1.O=S(=O)(c1cccs1)N1CCN(c2nc(Cc3ccc(F)cc3)ns2)CC1. The second-order valence-corrected chi connectivity index (χ2v) is 20.6. The van der Waals surface area contributed by atoms with Gasteiger partial charge in [-0.25, -0.2) is 35.6 Å². The van der Waals surface area contributed by atoms with E-state index in [2.05, 4.69) is 28.5 Å². The van der Waals surface area contributed by atoms with E-state index in [1.54, 1.807) is 53.2 Å². The number of piperazine rings is 1. The zero-order valence-corrected chi connectivity index (χ0v) is 34.9. The monoisotopic (exact) mass is 883 g/mol. The Balaban J connectivity index is 0.000000159. The lowest BCUT2D eigenvalue weighted by Crippen LogP contribution is -2.48. The molecular formula is C35H36ClF2N7O4S6. The molecule has 55 heavy (non-hydrogen) atoms. The van der Waals surface area contributed by atoms with Crippen molar-refractivity contribution in [2.24, 2.45) is 0 Å². The van der Waals surface area contributed by atoms with Crippen molar-refractivity contribution in [1.29, 1.82) is 0 Å². The average molecular weight is 885 g/mol. The van der Waals surface area contributed by atoms with Crippen molar-refractivity contribution >= 4 is 85.8 Å². The second kappa shape index (κ2) is 19.1. The molecule has 20 heteroatoms. The van der Waals surface area contributed by atoms with Crippen molar-refractivity contribution in [2.75, 3.05) is 49.1 Å². The summed E-state index contributed by atoms with van der Waals surface area (Å²) in [5, 5.41) is 5.25. The molecule has 0 atom stereocenters. The third-order valence-electron chi connectivity index (χ3n) is 8.43. The summed E-state index contributed by atoms with van der Waals surface area (Å²) in [6.45, 7) is 4.18. The number of hydrogen-bond donors (Lipinski definition) is 0. The Morgan fingerprint density at radius 1 is 0.600 bits per heavy atom. The van der Waals surface area contributed by atoms with Crippen LogP contribution in [0.5, 0.6) is 0 Å². The summed E-state index contributed by atoms with van der Waals surface area (Å²) in [6.07, 6.45) is 5.02. The van der Waals surface area contributed by atoms with Gasteiger partial charge in [0.15, 0.2) is 0 Å². The highest BCUT2D eigenvalue weighted by Gasteiger charge is 2.30. The molecule has 0 bridgehead atoms. The smallest absolute Gasteiger partial charge is 0.270 e. The maximum Gasteiger partial charge on any atom is 0.270 e. The van der Waals surface area contributed by atoms with Crippen molar-refractivity contribution in [2.45, 2.75) is 40.5 Å². The van der Waals surface area contributed by atoms with Crippen molar-refractivity contribution < 1.29 is 25.6 Å². The Bertz CT molecular complexity index is 2290. The number of sulfonamides is 1. The lowest BCUT2D eigenvalue weighted by atomic mass is 10.1. The van der Waals surface area contributed by atoms with Gasteiger partial charge in [-0.3, -0.25) is 0 Å². The minimum atomic E-state index is -3.47. The molecule has 2 aliphatic rings. The Labute approximate surface area is 339 Å². The molecule has 0 spiro atoms. The zero-order valence-electron chi connectivity index (χ0n) is 29.2. The minimum absolute atomic E-state index is 0.198. The van der Waals surface area contributed by atoms with Gasteiger partial charge in [-0.05, 0) is 77.5 Å². The molecule has 292 valence electrons. The van der Waals surface area contributed by atoms with Crippen LogP contribution in [-0.4, -0.2) is 79.1 Å². The van der Waals surface area contributed by atoms with Gasteiger partial charge >= 0.3 is 0 Å². The van der Waals surface area contributed by atoms with E-state index in [0.29, 0.717) is 49.1 Å². The molecule has 4 aromatic heterocycles. The fraction of sp³-hybridized carbons (Fsp3) is 0.314. The Hall–Kier alpha value is -3.43. The predicted molar refractivity (Wildman–Crippen MR) is 217 cm³/mol. The summed E-state index contributed by atoms with van der Waals surface area (Å²) in [7, 11) is -1.89. The van der Waals surface area contributed by atoms with Gasteiger partial charge in [0, 0.05) is 85.9 Å². The van der Waals surface area contributed by atoms with Crippen LogP contribution in [0, 0.1) is 11.6 Å². The van der Waals surface area contributed by atoms with E-state index in [1.165, 1.54) is 88.3 Å². The van der Waals surface area contributed by atoms with E-state index in [-0.39, 0.29) is 15.8 Å². The van der Waals surface area contributed by atoms with Crippen LogP contribution in [0.3, 0.4) is 0 Å². The maximum absolute atomic E-state index is 13.0. The highest BCUT2D eigenvalue weighted by molar-refractivity contribution is 8.15. The molecule has 0 unspecified atom stereocenters. The first kappa shape index (κ1) is 41.2. The number of thiophene rings is 2. The van der Waals surface area contributed by atoms with E-state index >= 15 is 0 Å². The number of anilines is 2. The number of benzene rings is 2. The van der Waals surface area contributed by atoms with Gasteiger partial charge in [0.2, 0.25) is 10.3 Å². The molecule has 8 rings (SSSR count). The molecule has 0 aliphatic carbocycles. The Kier molecular flexibility index (Phi) is 14.3. The molecule has 2 saturated heterocycles. The molecule has 0 N–H and O–H groups in total. The van der Waals surface area contributed by atoms with Crippen LogP contribution < -0.4 is 9.80 Å². The first-order valence-corrected chi connectivity index (χ1v) is 24.2. The number of nitrogens with zero attached hydrogens (tertiary/aromatic N) is 7. The predicted octanol–water partition coefficient (Wildman–Crippen LogP) is 7.77. The number of hydrogen-bond acceptors (Lipinski definition) is 14. The summed E-state index contributed by atoms with van der Waals surface area (Å²) in [5.41, 5.74) is 2.00. The Morgan fingerprint density at radius 3 is 1.47 bits per heavy atom. The topological polar surface area (TPSA) is 130 Å². The molecule has 0 saturated carbocycles. The molecule has 6 aromatic rings. The van der Waals surface area contributed by atoms with Gasteiger partial charge in [0.25, 0.3) is 19.1 Å². The van der Waals surface area contributed by atoms with Gasteiger partial charge in [-0.15, -0.1) is 22.7 Å². The van der Waals surface area contributed by atoms with E-state index in [9.17, 15) is 25.6 Å². The summed E-state index contributed by atoms with van der Waals surface area (Å²) in [4.78, 5) is 13.5. The molecule has 11 nitrogen and oxygen atoms in total. The van der Waals surface area contributed by atoms with Crippen molar-refractivity contribution in [1.82, 2.24) is 23.0 Å². The number of rotatable bonds is 9. The second-order valence-electron chi connectivity index (χ2n) is 12.3. The lowest BCUT2D eigenvalue weighted by molar-refractivity contribution is 0.385. The van der Waals surface area contributed by atoms with Crippen LogP contribution in [-0.2, 0) is 31.9 Å². The summed E-state index contributed by atoms with van der Waals surface area (Å²) < 4.78 is 82.8. The average Bonchev–Trinajstić information content (AvgIpc) is 4.03. The normalized spacial score (nSPS) is 15.2. The van der Waals surface area contributed by atoms with Crippen LogP contribution in [0.15, 0.2) is 92.0 Å². The lowest BCUT2D eigenvalue weighted by Gasteiger charge is -2.33. The summed E-state index contributed by atoms with van der Waals surface area (Å²) in [5.74, 6) is 1.05.